The van der Waals surface area contributed by atoms with Crippen molar-refractivity contribution in [2.24, 2.45) is 0 Å². The van der Waals surface area contributed by atoms with E-state index in [1.165, 1.54) is 12.8 Å². The zero-order valence-electron chi connectivity index (χ0n) is 10.8. The summed E-state index contributed by atoms with van der Waals surface area (Å²) in [6.07, 6.45) is 4.82. The summed E-state index contributed by atoms with van der Waals surface area (Å²) in [7, 11) is 2.17. The standard InChI is InChI=1S/C15H19NO2/c1-16-13-7-9-15(16,10-8-13)11-18-14(17)12-5-3-2-4-6-12/h2-6,13H,7-11H2,1H3. The van der Waals surface area contributed by atoms with Gasteiger partial charge in [-0.2, -0.15) is 0 Å². The fraction of sp³-hybridized carbons (Fsp3) is 0.533. The second kappa shape index (κ2) is 4.39. The first-order chi connectivity index (χ1) is 8.71. The molecule has 0 unspecified atom stereocenters. The monoisotopic (exact) mass is 245 g/mol. The Balaban J connectivity index is 1.64. The van der Waals surface area contributed by atoms with Gasteiger partial charge in [-0.25, -0.2) is 4.79 Å². The Labute approximate surface area is 108 Å². The molecule has 0 radical (unpaired) electrons. The Hall–Kier alpha value is -1.35. The summed E-state index contributed by atoms with van der Waals surface area (Å²) in [4.78, 5) is 14.4. The molecule has 3 nitrogen and oxygen atoms in total. The van der Waals surface area contributed by atoms with E-state index in [4.69, 9.17) is 4.74 Å². The molecule has 0 aromatic heterocycles. The van der Waals surface area contributed by atoms with E-state index < -0.39 is 0 Å². The molecule has 2 bridgehead atoms. The van der Waals surface area contributed by atoms with Crippen LogP contribution in [0.5, 0.6) is 0 Å². The van der Waals surface area contributed by atoms with Crippen molar-refractivity contribution in [1.82, 2.24) is 4.90 Å². The Morgan fingerprint density at radius 3 is 2.56 bits per heavy atom. The number of likely N-dealkylation sites (N-methyl/N-ethyl adjacent to an activating group) is 1. The minimum Gasteiger partial charge on any atom is -0.460 e. The molecule has 0 aliphatic carbocycles. The maximum atomic E-state index is 11.9. The van der Waals surface area contributed by atoms with E-state index in [2.05, 4.69) is 11.9 Å². The molecule has 18 heavy (non-hydrogen) atoms. The van der Waals surface area contributed by atoms with Gasteiger partial charge in [0.15, 0.2) is 0 Å². The molecular weight excluding hydrogens is 226 g/mol. The van der Waals surface area contributed by atoms with Crippen LogP contribution in [0.3, 0.4) is 0 Å². The molecule has 2 saturated heterocycles. The fourth-order valence-electron chi connectivity index (χ4n) is 3.37. The van der Waals surface area contributed by atoms with E-state index in [-0.39, 0.29) is 11.5 Å². The molecule has 0 atom stereocenters. The number of benzene rings is 1. The number of fused-ring (bicyclic) bond motifs is 2. The van der Waals surface area contributed by atoms with Crippen molar-refractivity contribution in [3.8, 4) is 0 Å². The highest BCUT2D eigenvalue weighted by Gasteiger charge is 2.50. The summed E-state index contributed by atoms with van der Waals surface area (Å²) >= 11 is 0. The van der Waals surface area contributed by atoms with Gasteiger partial charge in [-0.15, -0.1) is 0 Å². The molecule has 1 aromatic carbocycles. The average Bonchev–Trinajstić information content (AvgIpc) is 2.91. The molecule has 3 heteroatoms. The van der Waals surface area contributed by atoms with E-state index in [1.807, 2.05) is 18.2 Å². The van der Waals surface area contributed by atoms with E-state index in [9.17, 15) is 4.79 Å². The van der Waals surface area contributed by atoms with Crippen LogP contribution in [0.1, 0.15) is 36.0 Å². The molecule has 2 aliphatic heterocycles. The summed E-state index contributed by atoms with van der Waals surface area (Å²) < 4.78 is 5.52. The van der Waals surface area contributed by atoms with Crippen LogP contribution in [0.25, 0.3) is 0 Å². The van der Waals surface area contributed by atoms with Crippen LogP contribution in [0, 0.1) is 0 Å². The number of nitrogens with zero attached hydrogens (tertiary/aromatic N) is 1. The summed E-state index contributed by atoms with van der Waals surface area (Å²) in [6, 6.07) is 9.94. The van der Waals surface area contributed by atoms with Crippen molar-refractivity contribution in [2.45, 2.75) is 37.3 Å². The largest absolute Gasteiger partial charge is 0.460 e. The smallest absolute Gasteiger partial charge is 0.338 e. The summed E-state index contributed by atoms with van der Waals surface area (Å²) in [5, 5.41) is 0. The third-order valence-corrected chi connectivity index (χ3v) is 4.66. The van der Waals surface area contributed by atoms with Crippen molar-refractivity contribution in [1.29, 1.82) is 0 Å². The quantitative estimate of drug-likeness (QED) is 0.766. The average molecular weight is 245 g/mol. The molecule has 2 fully saturated rings. The Morgan fingerprint density at radius 2 is 2.00 bits per heavy atom. The van der Waals surface area contributed by atoms with Crippen LogP contribution in [-0.2, 0) is 4.74 Å². The molecule has 2 heterocycles. The van der Waals surface area contributed by atoms with Gasteiger partial charge in [0.2, 0.25) is 0 Å². The number of carbonyl (C=O) groups is 1. The minimum atomic E-state index is -0.200. The molecule has 2 aliphatic rings. The number of hydrogen-bond acceptors (Lipinski definition) is 3. The molecule has 1 aromatic rings. The molecular formula is C15H19NO2. The number of ether oxygens (including phenoxy) is 1. The molecule has 3 rings (SSSR count). The van der Waals surface area contributed by atoms with Gasteiger partial charge in [0.1, 0.15) is 6.61 Å². The molecule has 96 valence electrons. The molecule has 0 saturated carbocycles. The van der Waals surface area contributed by atoms with E-state index in [1.54, 1.807) is 12.1 Å². The van der Waals surface area contributed by atoms with Crippen LogP contribution >= 0.6 is 0 Å². The zero-order valence-corrected chi connectivity index (χ0v) is 10.8. The Bertz CT molecular complexity index is 435. The Kier molecular flexibility index (Phi) is 2.86. The molecule has 0 N–H and O–H groups in total. The third-order valence-electron chi connectivity index (χ3n) is 4.66. The van der Waals surface area contributed by atoms with Crippen molar-refractivity contribution in [3.05, 3.63) is 35.9 Å². The van der Waals surface area contributed by atoms with Crippen LogP contribution in [0.15, 0.2) is 30.3 Å². The van der Waals surface area contributed by atoms with Gasteiger partial charge in [-0.05, 0) is 44.9 Å². The highest BCUT2D eigenvalue weighted by Crippen LogP contribution is 2.45. The maximum absolute atomic E-state index is 11.9. The van der Waals surface area contributed by atoms with Crippen LogP contribution < -0.4 is 0 Å². The second-order valence-corrected chi connectivity index (χ2v) is 5.51. The van der Waals surface area contributed by atoms with Gasteiger partial charge in [0.25, 0.3) is 0 Å². The third kappa shape index (κ3) is 1.83. The number of hydrogen-bond donors (Lipinski definition) is 0. The van der Waals surface area contributed by atoms with E-state index in [0.717, 1.165) is 12.8 Å². The fourth-order valence-corrected chi connectivity index (χ4v) is 3.37. The number of rotatable bonds is 3. The highest BCUT2D eigenvalue weighted by molar-refractivity contribution is 5.89. The Morgan fingerprint density at radius 1 is 1.33 bits per heavy atom. The first-order valence-electron chi connectivity index (χ1n) is 6.66. The van der Waals surface area contributed by atoms with Gasteiger partial charge in [-0.3, -0.25) is 4.90 Å². The van der Waals surface area contributed by atoms with Crippen LogP contribution in [0.4, 0.5) is 0 Å². The van der Waals surface area contributed by atoms with Gasteiger partial charge in [0.05, 0.1) is 11.1 Å². The van der Waals surface area contributed by atoms with Crippen molar-refractivity contribution >= 4 is 5.97 Å². The summed E-state index contributed by atoms with van der Waals surface area (Å²) in [5.41, 5.74) is 0.763. The lowest BCUT2D eigenvalue weighted by Crippen LogP contribution is -2.43. The van der Waals surface area contributed by atoms with Crippen molar-refractivity contribution in [3.63, 3.8) is 0 Å². The van der Waals surface area contributed by atoms with Crippen molar-refractivity contribution < 1.29 is 9.53 Å². The molecule has 0 amide bonds. The topological polar surface area (TPSA) is 29.5 Å². The van der Waals surface area contributed by atoms with Crippen molar-refractivity contribution in [2.75, 3.05) is 13.7 Å². The maximum Gasteiger partial charge on any atom is 0.338 e. The summed E-state index contributed by atoms with van der Waals surface area (Å²) in [6.45, 7) is 0.535. The predicted molar refractivity (Wildman–Crippen MR) is 69.5 cm³/mol. The number of carbonyl (C=O) groups excluding carboxylic acids is 1. The second-order valence-electron chi connectivity index (χ2n) is 5.51. The van der Waals surface area contributed by atoms with Crippen LogP contribution in [-0.4, -0.2) is 36.1 Å². The summed E-state index contributed by atoms with van der Waals surface area (Å²) in [5.74, 6) is -0.200. The van der Waals surface area contributed by atoms with Gasteiger partial charge in [-0.1, -0.05) is 18.2 Å². The van der Waals surface area contributed by atoms with E-state index >= 15 is 0 Å². The van der Waals surface area contributed by atoms with Gasteiger partial charge < -0.3 is 4.74 Å². The normalized spacial score (nSPS) is 30.6. The lowest BCUT2D eigenvalue weighted by Gasteiger charge is -2.31. The lowest BCUT2D eigenvalue weighted by molar-refractivity contribution is 0.0247. The van der Waals surface area contributed by atoms with Gasteiger partial charge in [0, 0.05) is 6.04 Å². The first kappa shape index (κ1) is 11.7. The minimum absolute atomic E-state index is 0.120. The lowest BCUT2D eigenvalue weighted by atomic mass is 9.88. The van der Waals surface area contributed by atoms with Gasteiger partial charge >= 0.3 is 5.97 Å². The molecule has 0 spiro atoms. The highest BCUT2D eigenvalue weighted by atomic mass is 16.5. The predicted octanol–water partition coefficient (Wildman–Crippen LogP) is 2.47. The van der Waals surface area contributed by atoms with E-state index in [0.29, 0.717) is 18.2 Å². The first-order valence-corrected chi connectivity index (χ1v) is 6.66. The zero-order chi connectivity index (χ0) is 12.6. The van der Waals surface area contributed by atoms with Crippen LogP contribution in [0.2, 0.25) is 0 Å². The number of esters is 1. The SMILES string of the molecule is CN1C2CCC1(COC(=O)c1ccccc1)CC2.